The molecule has 5 heterocycles. The summed E-state index contributed by atoms with van der Waals surface area (Å²) in [4.78, 5) is 18.9. The van der Waals surface area contributed by atoms with Gasteiger partial charge in [0.05, 0.1) is 46.6 Å². The van der Waals surface area contributed by atoms with Crippen molar-refractivity contribution in [2.45, 2.75) is 52.4 Å². The van der Waals surface area contributed by atoms with Crippen LogP contribution in [0.1, 0.15) is 65.7 Å². The van der Waals surface area contributed by atoms with Crippen LogP contribution in [0.15, 0.2) is 83.5 Å². The quantitative estimate of drug-likeness (QED) is 0.0404. The second-order valence-electron chi connectivity index (χ2n) is 13.6. The number of nitrogens with zero attached hydrogens (tertiary/aromatic N) is 7. The van der Waals surface area contributed by atoms with Crippen molar-refractivity contribution < 1.29 is 19.0 Å². The molecule has 288 valence electrons. The molecule has 2 aliphatic rings. The monoisotopic (exact) mass is 756 g/mol. The number of imidazole rings is 2. The Bertz CT molecular complexity index is 2420. The number of aromatic amines is 2. The fourth-order valence-corrected chi connectivity index (χ4v) is 6.31. The lowest BCUT2D eigenvalue weighted by atomic mass is 10.0. The Kier molecular flexibility index (Phi) is 12.8. The summed E-state index contributed by atoms with van der Waals surface area (Å²) < 4.78 is 27.0. The van der Waals surface area contributed by atoms with E-state index in [0.29, 0.717) is 40.9 Å². The third-order valence-electron chi connectivity index (χ3n) is 9.60. The number of halogens is 1. The lowest BCUT2D eigenvalue weighted by Gasteiger charge is -2.25. The van der Waals surface area contributed by atoms with Crippen LogP contribution in [0.2, 0.25) is 0 Å². The molecule has 4 N–H and O–H groups in total. The van der Waals surface area contributed by atoms with E-state index in [1.165, 1.54) is 18.1 Å². The Morgan fingerprint density at radius 1 is 1.29 bits per heavy atom. The number of aliphatic hydroxyl groups excluding tert-OH is 1. The first-order valence-corrected chi connectivity index (χ1v) is 18.3. The number of aliphatic imine (C=N–C) groups is 1. The average Bonchev–Trinajstić information content (AvgIpc) is 3.90. The Morgan fingerprint density at radius 2 is 2.11 bits per heavy atom. The molecular formula is C42H45FN10O3. The molecule has 1 saturated heterocycles. The number of fused-ring (bicyclic) bond motifs is 2. The van der Waals surface area contributed by atoms with Crippen LogP contribution in [0.4, 0.5) is 4.39 Å². The highest BCUT2D eigenvalue weighted by Gasteiger charge is 2.17. The normalized spacial score (nSPS) is 16.7. The third kappa shape index (κ3) is 9.43. The number of benzene rings is 2. The minimum atomic E-state index is -0.666. The maximum absolute atomic E-state index is 14.4. The molecule has 1 atom stereocenters. The zero-order valence-electron chi connectivity index (χ0n) is 31.7. The van der Waals surface area contributed by atoms with Gasteiger partial charge in [0, 0.05) is 55.3 Å². The number of nitrogens with one attached hydrogen (secondary N) is 3. The first-order valence-electron chi connectivity index (χ1n) is 18.3. The van der Waals surface area contributed by atoms with Crippen LogP contribution in [-0.2, 0) is 29.7 Å². The van der Waals surface area contributed by atoms with E-state index in [9.17, 15) is 14.8 Å². The Hall–Kier alpha value is -6.43. The van der Waals surface area contributed by atoms with E-state index in [4.69, 9.17) is 19.9 Å². The van der Waals surface area contributed by atoms with E-state index in [1.54, 1.807) is 31.5 Å². The molecule has 3 aromatic heterocycles. The molecular weight excluding hydrogens is 712 g/mol. The third-order valence-corrected chi connectivity index (χ3v) is 9.60. The van der Waals surface area contributed by atoms with Crippen LogP contribution in [0.3, 0.4) is 0 Å². The molecule has 14 heteroatoms. The van der Waals surface area contributed by atoms with Crippen LogP contribution in [-0.4, -0.2) is 78.5 Å². The first kappa shape index (κ1) is 39.3. The SMILES string of the molecule is C=N/C(=C\C=C/CC1=CCN(Cc2nc3ccc(/C(O)=C\c4c(/C(F)=C\C=N)n[nH]c4C)cc3[nH]2)CC1)OCc1ccc(C#N)c2c1ncn2C.C[C@@H]1CCO1. The highest BCUT2D eigenvalue weighted by molar-refractivity contribution is 5.88. The fourth-order valence-electron chi connectivity index (χ4n) is 6.31. The molecule has 0 spiro atoms. The second-order valence-corrected chi connectivity index (χ2v) is 13.6. The number of aromatic nitrogens is 6. The van der Waals surface area contributed by atoms with E-state index in [2.05, 4.69) is 61.9 Å². The van der Waals surface area contributed by atoms with E-state index in [-0.39, 0.29) is 18.1 Å². The minimum absolute atomic E-state index is 0.0345. The summed E-state index contributed by atoms with van der Waals surface area (Å²) in [6.45, 7) is 11.0. The number of hydrogen-bond donors (Lipinski definition) is 4. The maximum Gasteiger partial charge on any atom is 0.212 e. The minimum Gasteiger partial charge on any atom is -0.507 e. The summed E-state index contributed by atoms with van der Waals surface area (Å²) in [6.07, 6.45) is 16.6. The topological polar surface area (TPSA) is 177 Å². The molecule has 7 rings (SSSR count). The van der Waals surface area contributed by atoms with Crippen LogP contribution < -0.4 is 0 Å². The summed E-state index contributed by atoms with van der Waals surface area (Å²) in [6, 6.07) is 11.3. The van der Waals surface area contributed by atoms with Crippen LogP contribution in [0.25, 0.3) is 39.7 Å². The van der Waals surface area contributed by atoms with Crippen molar-refractivity contribution >= 4 is 52.7 Å². The summed E-state index contributed by atoms with van der Waals surface area (Å²) in [7, 11) is 1.86. The number of aryl methyl sites for hydroxylation is 2. The Labute approximate surface area is 324 Å². The number of allylic oxidation sites excluding steroid dienone is 4. The van der Waals surface area contributed by atoms with Gasteiger partial charge in [-0.25, -0.2) is 19.4 Å². The van der Waals surface area contributed by atoms with E-state index in [0.717, 1.165) is 78.3 Å². The smallest absolute Gasteiger partial charge is 0.212 e. The van der Waals surface area contributed by atoms with Gasteiger partial charge in [0.25, 0.3) is 0 Å². The van der Waals surface area contributed by atoms with Gasteiger partial charge in [-0.05, 0) is 82.3 Å². The Morgan fingerprint density at radius 3 is 2.80 bits per heavy atom. The number of ether oxygens (including phenoxy) is 2. The van der Waals surface area contributed by atoms with Crippen molar-refractivity contribution in [3.8, 4) is 6.07 Å². The summed E-state index contributed by atoms with van der Waals surface area (Å²) in [5, 5.41) is 34.1. The van der Waals surface area contributed by atoms with Gasteiger partial charge in [-0.2, -0.15) is 10.4 Å². The molecule has 2 aliphatic heterocycles. The molecule has 0 saturated carbocycles. The predicted molar refractivity (Wildman–Crippen MR) is 217 cm³/mol. The average molecular weight is 757 g/mol. The highest BCUT2D eigenvalue weighted by atomic mass is 19.1. The maximum atomic E-state index is 14.4. The van der Waals surface area contributed by atoms with Gasteiger partial charge in [-0.15, -0.1) is 0 Å². The molecule has 0 bridgehead atoms. The summed E-state index contributed by atoms with van der Waals surface area (Å²) >= 11 is 0. The van der Waals surface area contributed by atoms with Gasteiger partial charge in [0.2, 0.25) is 5.88 Å². The molecule has 13 nitrogen and oxygen atoms in total. The molecule has 2 aromatic carbocycles. The van der Waals surface area contributed by atoms with Gasteiger partial charge in [0.15, 0.2) is 5.83 Å². The van der Waals surface area contributed by atoms with Crippen LogP contribution in [0, 0.1) is 23.7 Å². The molecule has 1 fully saturated rings. The van der Waals surface area contributed by atoms with Gasteiger partial charge in [0.1, 0.15) is 30.0 Å². The lowest BCUT2D eigenvalue weighted by molar-refractivity contribution is -0.0375. The van der Waals surface area contributed by atoms with Gasteiger partial charge >= 0.3 is 0 Å². The van der Waals surface area contributed by atoms with E-state index >= 15 is 0 Å². The molecule has 0 amide bonds. The first-order chi connectivity index (χ1) is 27.2. The fraction of sp³-hybridized carbons (Fsp3) is 0.286. The molecule has 0 unspecified atom stereocenters. The van der Waals surface area contributed by atoms with Crippen LogP contribution in [0.5, 0.6) is 0 Å². The molecule has 5 aromatic rings. The number of aliphatic hydroxyl groups is 1. The van der Waals surface area contributed by atoms with E-state index in [1.807, 2.05) is 35.9 Å². The van der Waals surface area contributed by atoms with Crippen molar-refractivity contribution in [2.24, 2.45) is 12.0 Å². The standard InChI is InChI=1S/C38H37FN10O2.C4H8O/c1-24-29(37(47-46-24)30(39)12-15-40)19-33(50)26-10-11-31-32(18-26)45-34(44-31)21-49-16-13-25(14-17-49)6-4-5-7-35(42-2)51-22-28-9-8-27(20-41)38-36(28)43-23-48(38)3;1-4-2-3-5-4/h4-5,7-13,15,18-19,23,40,50H,2,6,14,16-17,21-22H2,1,3H3,(H,44,45)(H,46,47);4H,2-3H2,1H3/b5-4-,30-12+,33-19+,35-7+,40-15?;/t;4-/m.1/s1. The molecule has 0 radical (unpaired) electrons. The zero-order valence-corrected chi connectivity index (χ0v) is 31.7. The van der Waals surface area contributed by atoms with Crippen molar-refractivity contribution in [2.75, 3.05) is 19.7 Å². The van der Waals surface area contributed by atoms with Crippen molar-refractivity contribution in [1.82, 2.24) is 34.6 Å². The summed E-state index contributed by atoms with van der Waals surface area (Å²) in [5.41, 5.74) is 7.44. The van der Waals surface area contributed by atoms with Gasteiger partial charge in [-0.1, -0.05) is 29.9 Å². The second kappa shape index (κ2) is 18.3. The number of nitriles is 1. The van der Waals surface area contributed by atoms with Crippen molar-refractivity contribution in [1.29, 1.82) is 10.7 Å². The number of H-pyrrole nitrogens is 2. The Balaban J connectivity index is 0.000000985. The number of rotatable bonds is 13. The van der Waals surface area contributed by atoms with E-state index < -0.39 is 5.83 Å². The van der Waals surface area contributed by atoms with Crippen molar-refractivity contribution in [3.63, 3.8) is 0 Å². The zero-order chi connectivity index (χ0) is 39.6. The molecule has 56 heavy (non-hydrogen) atoms. The largest absolute Gasteiger partial charge is 0.507 e. The highest BCUT2D eigenvalue weighted by Crippen LogP contribution is 2.27. The predicted octanol–water partition coefficient (Wildman–Crippen LogP) is 8.00. The summed E-state index contributed by atoms with van der Waals surface area (Å²) in [5.74, 6) is 0.519. The lowest BCUT2D eigenvalue weighted by Crippen LogP contribution is -2.28. The number of hydrogen-bond acceptors (Lipinski definition) is 10. The van der Waals surface area contributed by atoms with Crippen LogP contribution >= 0.6 is 0 Å². The molecule has 0 aliphatic carbocycles. The van der Waals surface area contributed by atoms with Gasteiger partial charge < -0.3 is 29.5 Å². The van der Waals surface area contributed by atoms with Gasteiger partial charge in [-0.3, -0.25) is 10.00 Å². The van der Waals surface area contributed by atoms with Crippen molar-refractivity contribution in [3.05, 3.63) is 118 Å².